The molecule has 0 aliphatic carbocycles. The average molecular weight is 296 g/mol. The normalized spacial score (nSPS) is 16.1. The molecule has 0 unspecified atom stereocenters. The van der Waals surface area contributed by atoms with Crippen LogP contribution in [0, 0.1) is 0 Å². The van der Waals surface area contributed by atoms with Crippen LogP contribution in [-0.4, -0.2) is 32.2 Å². The number of rotatable bonds is 3. The molecule has 5 nitrogen and oxygen atoms in total. The number of anilines is 2. The summed E-state index contributed by atoms with van der Waals surface area (Å²) in [6, 6.07) is 5.47. The Morgan fingerprint density at radius 1 is 1.45 bits per heavy atom. The van der Waals surface area contributed by atoms with Crippen molar-refractivity contribution < 1.29 is 9.53 Å². The van der Waals surface area contributed by atoms with Gasteiger partial charge in [0, 0.05) is 30.5 Å². The first-order valence-corrected chi connectivity index (χ1v) is 6.81. The summed E-state index contributed by atoms with van der Waals surface area (Å²) in [6.07, 6.45) is 1.34. The molecule has 0 saturated carbocycles. The summed E-state index contributed by atoms with van der Waals surface area (Å²) in [5.74, 6) is -0.264. The Morgan fingerprint density at radius 2 is 2.15 bits per heavy atom. The number of amides is 1. The Kier molecular flexibility index (Phi) is 4.87. The summed E-state index contributed by atoms with van der Waals surface area (Å²) < 4.78 is 5.31. The lowest BCUT2D eigenvalue weighted by molar-refractivity contribution is -0.111. The van der Waals surface area contributed by atoms with Crippen molar-refractivity contribution in [3.05, 3.63) is 35.0 Å². The fourth-order valence-electron chi connectivity index (χ4n) is 2.03. The molecule has 0 bridgehead atoms. The molecule has 1 amide bonds. The molecule has 1 aromatic carbocycles. The molecule has 0 aromatic heterocycles. The maximum atomic E-state index is 11.6. The molecule has 108 valence electrons. The van der Waals surface area contributed by atoms with Crippen LogP contribution < -0.4 is 16.0 Å². The number of ether oxygens (including phenoxy) is 1. The smallest absolute Gasteiger partial charge is 0.250 e. The maximum absolute atomic E-state index is 11.6. The lowest BCUT2D eigenvalue weighted by Gasteiger charge is -2.29. The number of benzene rings is 1. The number of allylic oxidation sites excluding steroid dienone is 1. The summed E-state index contributed by atoms with van der Waals surface area (Å²) in [5, 5.41) is 3.33. The zero-order valence-electron chi connectivity index (χ0n) is 11.4. The van der Waals surface area contributed by atoms with Crippen LogP contribution in [0.25, 0.3) is 0 Å². The Bertz CT molecular complexity index is 521. The van der Waals surface area contributed by atoms with Crippen LogP contribution in [0.5, 0.6) is 0 Å². The highest BCUT2D eigenvalue weighted by molar-refractivity contribution is 6.33. The summed E-state index contributed by atoms with van der Waals surface area (Å²) in [4.78, 5) is 13.8. The lowest BCUT2D eigenvalue weighted by Crippen LogP contribution is -2.36. The van der Waals surface area contributed by atoms with E-state index in [1.807, 2.05) is 12.1 Å². The van der Waals surface area contributed by atoms with Gasteiger partial charge in [-0.15, -0.1) is 0 Å². The fraction of sp³-hybridized carbons (Fsp3) is 0.357. The minimum atomic E-state index is -0.264. The number of hydrogen-bond acceptors (Lipinski definition) is 4. The molecule has 1 aliphatic heterocycles. The largest absolute Gasteiger partial charge is 0.402 e. The predicted molar refractivity (Wildman–Crippen MR) is 81.1 cm³/mol. The summed E-state index contributed by atoms with van der Waals surface area (Å²) in [6.45, 7) is 4.71. The molecule has 1 heterocycles. The molecule has 3 N–H and O–H groups in total. The van der Waals surface area contributed by atoms with E-state index in [9.17, 15) is 4.79 Å². The van der Waals surface area contributed by atoms with Gasteiger partial charge >= 0.3 is 0 Å². The number of nitrogens with two attached hydrogens (primary N) is 1. The lowest BCUT2D eigenvalue weighted by atomic mass is 10.2. The van der Waals surface area contributed by atoms with Crippen LogP contribution in [-0.2, 0) is 9.53 Å². The van der Waals surface area contributed by atoms with Crippen molar-refractivity contribution in [2.24, 2.45) is 5.73 Å². The monoisotopic (exact) mass is 295 g/mol. The molecule has 0 spiro atoms. The minimum absolute atomic E-state index is 0.264. The Hall–Kier alpha value is -1.72. The van der Waals surface area contributed by atoms with Crippen LogP contribution in [0.4, 0.5) is 11.4 Å². The van der Waals surface area contributed by atoms with E-state index in [4.69, 9.17) is 22.1 Å². The van der Waals surface area contributed by atoms with E-state index in [2.05, 4.69) is 10.2 Å². The Balaban J connectivity index is 2.09. The number of hydrogen-bond donors (Lipinski definition) is 2. The number of carbonyl (C=O) groups excluding carboxylic acids is 1. The van der Waals surface area contributed by atoms with Crippen molar-refractivity contribution in [3.63, 3.8) is 0 Å². The molecule has 20 heavy (non-hydrogen) atoms. The molecule has 1 fully saturated rings. The highest BCUT2D eigenvalue weighted by Crippen LogP contribution is 2.29. The van der Waals surface area contributed by atoms with E-state index in [0.717, 1.165) is 18.8 Å². The molecule has 2 rings (SSSR count). The second kappa shape index (κ2) is 6.63. The molecule has 1 saturated heterocycles. The van der Waals surface area contributed by atoms with Gasteiger partial charge in [-0.25, -0.2) is 0 Å². The van der Waals surface area contributed by atoms with Crippen molar-refractivity contribution in [2.75, 3.05) is 36.5 Å². The van der Waals surface area contributed by atoms with Crippen LogP contribution >= 0.6 is 11.6 Å². The van der Waals surface area contributed by atoms with E-state index >= 15 is 0 Å². The molecule has 1 aromatic rings. The van der Waals surface area contributed by atoms with Crippen molar-refractivity contribution in [1.29, 1.82) is 0 Å². The first-order chi connectivity index (χ1) is 9.56. The fourth-order valence-corrected chi connectivity index (χ4v) is 2.33. The third-order valence-electron chi connectivity index (χ3n) is 2.93. The maximum Gasteiger partial charge on any atom is 0.250 e. The average Bonchev–Trinajstić information content (AvgIpc) is 2.38. The molecular weight excluding hydrogens is 278 g/mol. The molecular formula is C14H18ClN3O2. The summed E-state index contributed by atoms with van der Waals surface area (Å²) >= 11 is 6.28. The van der Waals surface area contributed by atoms with E-state index in [1.165, 1.54) is 6.08 Å². The SMILES string of the molecule is C/C(N)=C/C(=O)Nc1ccc(N2CCOCC2)c(Cl)c1. The van der Waals surface area contributed by atoms with Gasteiger partial charge in [-0.1, -0.05) is 11.6 Å². The van der Waals surface area contributed by atoms with Crippen LogP contribution in [0.1, 0.15) is 6.92 Å². The van der Waals surface area contributed by atoms with Gasteiger partial charge < -0.3 is 20.7 Å². The van der Waals surface area contributed by atoms with Gasteiger partial charge in [0.15, 0.2) is 0 Å². The van der Waals surface area contributed by atoms with Crippen molar-refractivity contribution in [2.45, 2.75) is 6.92 Å². The third-order valence-corrected chi connectivity index (χ3v) is 3.23. The Labute approximate surface area is 123 Å². The highest BCUT2D eigenvalue weighted by atomic mass is 35.5. The number of nitrogens with zero attached hydrogens (tertiary/aromatic N) is 1. The van der Waals surface area contributed by atoms with Crippen LogP contribution in [0.15, 0.2) is 30.0 Å². The number of halogens is 1. The molecule has 0 radical (unpaired) electrons. The molecule has 0 atom stereocenters. The van der Waals surface area contributed by atoms with Gasteiger partial charge in [-0.2, -0.15) is 0 Å². The van der Waals surface area contributed by atoms with Crippen molar-refractivity contribution >= 4 is 28.9 Å². The predicted octanol–water partition coefficient (Wildman–Crippen LogP) is 1.98. The van der Waals surface area contributed by atoms with Gasteiger partial charge in [-0.05, 0) is 25.1 Å². The summed E-state index contributed by atoms with van der Waals surface area (Å²) in [5.41, 5.74) is 7.52. The second-order valence-corrected chi connectivity index (χ2v) is 5.05. The van der Waals surface area contributed by atoms with E-state index in [0.29, 0.717) is 29.6 Å². The van der Waals surface area contributed by atoms with Gasteiger partial charge in [0.1, 0.15) is 0 Å². The van der Waals surface area contributed by atoms with Gasteiger partial charge in [0.05, 0.1) is 23.9 Å². The van der Waals surface area contributed by atoms with E-state index < -0.39 is 0 Å². The quantitative estimate of drug-likeness (QED) is 0.837. The topological polar surface area (TPSA) is 67.6 Å². The van der Waals surface area contributed by atoms with E-state index in [-0.39, 0.29) is 5.91 Å². The number of carbonyl (C=O) groups is 1. The summed E-state index contributed by atoms with van der Waals surface area (Å²) in [7, 11) is 0. The van der Waals surface area contributed by atoms with Crippen LogP contribution in [0.3, 0.4) is 0 Å². The van der Waals surface area contributed by atoms with Crippen molar-refractivity contribution in [3.8, 4) is 0 Å². The highest BCUT2D eigenvalue weighted by Gasteiger charge is 2.14. The first kappa shape index (κ1) is 14.7. The third kappa shape index (κ3) is 3.88. The molecule has 1 aliphatic rings. The van der Waals surface area contributed by atoms with Gasteiger partial charge in [-0.3, -0.25) is 4.79 Å². The second-order valence-electron chi connectivity index (χ2n) is 4.64. The van der Waals surface area contributed by atoms with Gasteiger partial charge in [0.2, 0.25) is 5.91 Å². The van der Waals surface area contributed by atoms with Gasteiger partial charge in [0.25, 0.3) is 0 Å². The zero-order chi connectivity index (χ0) is 14.5. The van der Waals surface area contributed by atoms with E-state index in [1.54, 1.807) is 13.0 Å². The number of nitrogens with one attached hydrogen (secondary N) is 1. The zero-order valence-corrected chi connectivity index (χ0v) is 12.1. The van der Waals surface area contributed by atoms with Crippen LogP contribution in [0.2, 0.25) is 5.02 Å². The standard InChI is InChI=1S/C14H18ClN3O2/c1-10(16)8-14(19)17-11-2-3-13(12(15)9-11)18-4-6-20-7-5-18/h2-3,8-9H,4-7,16H2,1H3,(H,17,19)/b10-8-. The number of morpholine rings is 1. The minimum Gasteiger partial charge on any atom is -0.402 e. The van der Waals surface area contributed by atoms with Crippen molar-refractivity contribution in [1.82, 2.24) is 0 Å². The first-order valence-electron chi connectivity index (χ1n) is 6.43. The Morgan fingerprint density at radius 3 is 2.75 bits per heavy atom. The molecule has 6 heteroatoms.